The Balaban J connectivity index is 1.89. The van der Waals surface area contributed by atoms with Crippen LogP contribution in [0, 0.1) is 27.7 Å². The predicted octanol–water partition coefficient (Wildman–Crippen LogP) is 4.66. The molecule has 2 unspecified atom stereocenters. The third kappa shape index (κ3) is 2.95. The van der Waals surface area contributed by atoms with Crippen molar-refractivity contribution in [2.45, 2.75) is 58.3 Å². The number of hydrogen-bond donors (Lipinski definition) is 0. The molecular formula is C26H38HfSi4. The van der Waals surface area contributed by atoms with Crippen LogP contribution >= 0.6 is 0 Å². The van der Waals surface area contributed by atoms with Crippen molar-refractivity contribution in [1.82, 2.24) is 0 Å². The second-order valence-electron chi connectivity index (χ2n) is 11.8. The van der Waals surface area contributed by atoms with E-state index in [4.69, 9.17) is 0 Å². The number of aryl methyl sites for hydroxylation is 4. The molecular weight excluding hydrogens is 603 g/mol. The van der Waals surface area contributed by atoms with Crippen molar-refractivity contribution in [2.75, 3.05) is 0 Å². The molecule has 1 heterocycles. The normalized spacial score (nSPS) is 25.0. The molecule has 5 rings (SSSR count). The zero-order valence-electron chi connectivity index (χ0n) is 20.7. The molecule has 0 amide bonds. The summed E-state index contributed by atoms with van der Waals surface area (Å²) in [6.07, 6.45) is 5.26. The summed E-state index contributed by atoms with van der Waals surface area (Å²) in [6.45, 7) is 14.6. The van der Waals surface area contributed by atoms with Gasteiger partial charge >= 0.3 is 198 Å². The van der Waals surface area contributed by atoms with Crippen LogP contribution in [-0.2, 0) is 17.1 Å². The molecule has 31 heavy (non-hydrogen) atoms. The minimum atomic E-state index is -3.39. The van der Waals surface area contributed by atoms with Crippen LogP contribution in [0.5, 0.6) is 0 Å². The van der Waals surface area contributed by atoms with Crippen molar-refractivity contribution in [2.24, 2.45) is 0 Å². The monoisotopic (exact) mass is 642 g/mol. The maximum atomic E-state index is 3.02. The average molecular weight is 641 g/mol. The summed E-state index contributed by atoms with van der Waals surface area (Å²) in [6, 6.07) is 9.61. The van der Waals surface area contributed by atoms with Crippen LogP contribution in [0.1, 0.15) is 65.7 Å². The number of benzene rings is 2. The van der Waals surface area contributed by atoms with Gasteiger partial charge in [-0.25, -0.2) is 0 Å². The van der Waals surface area contributed by atoms with Gasteiger partial charge in [0.2, 0.25) is 0 Å². The number of hydrogen-bond acceptors (Lipinski definition) is 0. The Kier molecular flexibility index (Phi) is 5.31. The van der Waals surface area contributed by atoms with Gasteiger partial charge < -0.3 is 0 Å². The van der Waals surface area contributed by atoms with Crippen molar-refractivity contribution in [1.29, 1.82) is 0 Å². The molecule has 0 N–H and O–H groups in total. The first-order valence-corrected chi connectivity index (χ1v) is 43.0. The summed E-state index contributed by atoms with van der Waals surface area (Å²) in [7, 11) is 1.20. The van der Waals surface area contributed by atoms with Crippen LogP contribution in [0.2, 0.25) is 9.36 Å². The minimum absolute atomic E-state index is 0.0209. The van der Waals surface area contributed by atoms with Gasteiger partial charge in [0.05, 0.1) is 0 Å². The number of rotatable bonds is 2. The number of allylic oxidation sites excluding steroid dienone is 2. The Morgan fingerprint density at radius 2 is 1.03 bits per heavy atom. The van der Waals surface area contributed by atoms with Gasteiger partial charge in [-0.05, 0) is 0 Å². The van der Waals surface area contributed by atoms with Crippen LogP contribution in [0.3, 0.4) is 0 Å². The fourth-order valence-electron chi connectivity index (χ4n) is 7.94. The first-order valence-electron chi connectivity index (χ1n) is 12.2. The molecule has 3 aliphatic rings. The van der Waals surface area contributed by atoms with E-state index in [1.54, 1.807) is 44.5 Å². The van der Waals surface area contributed by atoms with Crippen molar-refractivity contribution in [3.63, 3.8) is 0 Å². The Morgan fingerprint density at radius 3 is 1.39 bits per heavy atom. The van der Waals surface area contributed by atoms with E-state index < -0.39 is 17.1 Å². The van der Waals surface area contributed by atoms with Crippen LogP contribution in [0.4, 0.5) is 0 Å². The van der Waals surface area contributed by atoms with Crippen molar-refractivity contribution in [3.05, 3.63) is 79.9 Å². The molecule has 2 aromatic rings. The second-order valence-corrected chi connectivity index (χ2v) is 102. The summed E-state index contributed by atoms with van der Waals surface area (Å²) in [5, 5.41) is 0. The molecule has 2 aliphatic carbocycles. The summed E-state index contributed by atoms with van der Waals surface area (Å²) >= 11 is -3.39. The Labute approximate surface area is 196 Å². The summed E-state index contributed by atoms with van der Waals surface area (Å²) in [5.74, 6) is 0. The number of fused-ring (bicyclic) bond motifs is 2. The zero-order valence-corrected chi connectivity index (χ0v) is 29.6. The van der Waals surface area contributed by atoms with E-state index >= 15 is 0 Å². The molecule has 0 bridgehead atoms. The van der Waals surface area contributed by atoms with Gasteiger partial charge in [-0.2, -0.15) is 0 Å². The Hall–Kier alpha value is -0.342. The van der Waals surface area contributed by atoms with E-state index in [2.05, 4.69) is 87.3 Å². The first-order chi connectivity index (χ1) is 14.5. The van der Waals surface area contributed by atoms with E-state index in [-0.39, 0.29) is 4.53 Å². The summed E-state index contributed by atoms with van der Waals surface area (Å²) < 4.78 is 7.70. The molecule has 1 fully saturated rings. The molecule has 0 spiro atoms. The topological polar surface area (TPSA) is 0 Å². The standard InChI is InChI=1S/2C12H13.2CH3.Hf.H6Si4/c2*1-8-6-11-9(2)4-5-10(3)12(11)7-8;;;;1-2-4-3-1/h2*4-7H,1-3H3;2*1H3;;1-3H2. The van der Waals surface area contributed by atoms with Gasteiger partial charge in [0.1, 0.15) is 0 Å². The van der Waals surface area contributed by atoms with Crippen LogP contribution < -0.4 is 0 Å². The summed E-state index contributed by atoms with van der Waals surface area (Å²) in [4.78, 5) is 0. The SMILES string of the molecule is CC1=Cc2c(C)ccc(C)c2[CH]1[Hf]([CH3])([CH3])([CH]1C(C)=Cc2c(C)ccc(C)c21)=[Si]1[SiH2][SiH2][SiH2]1. The maximum absolute atomic E-state index is 3.39. The molecule has 2 atom stereocenters. The summed E-state index contributed by atoms with van der Waals surface area (Å²) in [5.41, 5.74) is 16.4. The zero-order chi connectivity index (χ0) is 22.3. The molecule has 162 valence electrons. The van der Waals surface area contributed by atoms with E-state index in [1.807, 2.05) is 0 Å². The van der Waals surface area contributed by atoms with Crippen molar-refractivity contribution < 1.29 is 17.1 Å². The fourth-order valence-corrected chi connectivity index (χ4v) is 369. The van der Waals surface area contributed by atoms with Crippen LogP contribution in [0.15, 0.2) is 35.4 Å². The predicted molar refractivity (Wildman–Crippen MR) is 148 cm³/mol. The van der Waals surface area contributed by atoms with Crippen molar-refractivity contribution in [3.8, 4) is 0 Å². The third-order valence-corrected chi connectivity index (χ3v) is 225. The van der Waals surface area contributed by atoms with Crippen molar-refractivity contribution >= 4 is 42.3 Å². The molecule has 0 radical (unpaired) electrons. The molecule has 0 aromatic heterocycles. The van der Waals surface area contributed by atoms with E-state index in [9.17, 15) is 0 Å². The third-order valence-electron chi connectivity index (χ3n) is 9.53. The first kappa shape index (κ1) is 22.4. The Bertz CT molecular complexity index is 1200. The van der Waals surface area contributed by atoms with Gasteiger partial charge in [0.15, 0.2) is 0 Å². The van der Waals surface area contributed by atoms with Gasteiger partial charge in [0.25, 0.3) is 0 Å². The average Bonchev–Trinajstić information content (AvgIpc) is 3.20. The molecule has 1 aliphatic heterocycles. The fraction of sp³-hybridized carbons (Fsp3) is 0.385. The Morgan fingerprint density at radius 1 is 0.645 bits per heavy atom. The van der Waals surface area contributed by atoms with Gasteiger partial charge in [0, 0.05) is 0 Å². The van der Waals surface area contributed by atoms with E-state index in [0.29, 0.717) is 25.7 Å². The quantitative estimate of drug-likeness (QED) is 0.419. The second kappa shape index (κ2) is 7.33. The van der Waals surface area contributed by atoms with Gasteiger partial charge in [-0.1, -0.05) is 0 Å². The van der Waals surface area contributed by atoms with E-state index in [1.165, 1.54) is 11.1 Å². The van der Waals surface area contributed by atoms with E-state index in [0.717, 1.165) is 7.35 Å². The molecule has 1 saturated heterocycles. The molecule has 0 saturated carbocycles. The van der Waals surface area contributed by atoms with Gasteiger partial charge in [-0.3, -0.25) is 0 Å². The molecule has 5 heteroatoms. The molecule has 2 aromatic carbocycles. The van der Waals surface area contributed by atoms with Gasteiger partial charge in [-0.15, -0.1) is 0 Å². The van der Waals surface area contributed by atoms with Crippen LogP contribution in [-0.4, -0.2) is 30.2 Å². The molecule has 0 nitrogen and oxygen atoms in total. The van der Waals surface area contributed by atoms with Crippen LogP contribution in [0.25, 0.3) is 12.2 Å².